The Morgan fingerprint density at radius 2 is 1.70 bits per heavy atom. The molecule has 2 N–H and O–H groups in total. The van der Waals surface area contributed by atoms with Crippen LogP contribution >= 0.6 is 0 Å². The smallest absolute Gasteiger partial charge is 0.248 e. The third kappa shape index (κ3) is 7.36. The van der Waals surface area contributed by atoms with Gasteiger partial charge in [0.05, 0.1) is 7.11 Å². The standard InChI is InChI=1S/C22H26N2O3/c1-3-4-5-9-21(25)23-18-7-6-8-19(16-18)24-22(26)15-12-17-10-13-20(27-2)14-11-17/h6-8,10-16H,3-5,9H2,1-2H3,(H,23,25)(H,24,26)/b15-12+. The number of nitrogens with one attached hydrogen (secondary N) is 2. The number of benzene rings is 2. The Morgan fingerprint density at radius 1 is 1.00 bits per heavy atom. The number of rotatable bonds is 9. The average Bonchev–Trinajstić information content (AvgIpc) is 2.67. The third-order valence-corrected chi connectivity index (χ3v) is 3.96. The van der Waals surface area contributed by atoms with Crippen molar-refractivity contribution in [1.29, 1.82) is 0 Å². The van der Waals surface area contributed by atoms with Crippen molar-refractivity contribution in [3.05, 3.63) is 60.2 Å². The van der Waals surface area contributed by atoms with Crippen molar-refractivity contribution in [2.24, 2.45) is 0 Å². The molecule has 0 saturated carbocycles. The minimum absolute atomic E-state index is 0.00803. The Morgan fingerprint density at radius 3 is 2.37 bits per heavy atom. The van der Waals surface area contributed by atoms with Gasteiger partial charge in [-0.1, -0.05) is 38.0 Å². The first-order valence-electron chi connectivity index (χ1n) is 9.13. The molecule has 0 fully saturated rings. The summed E-state index contributed by atoms with van der Waals surface area (Å²) in [5, 5.41) is 5.66. The predicted molar refractivity (Wildman–Crippen MR) is 110 cm³/mol. The molecule has 0 aliphatic heterocycles. The summed E-state index contributed by atoms with van der Waals surface area (Å²) < 4.78 is 5.11. The van der Waals surface area contributed by atoms with Gasteiger partial charge in [-0.2, -0.15) is 0 Å². The largest absolute Gasteiger partial charge is 0.497 e. The Kier molecular flexibility index (Phi) is 8.10. The minimum atomic E-state index is -0.239. The van der Waals surface area contributed by atoms with E-state index in [4.69, 9.17) is 4.74 Å². The van der Waals surface area contributed by atoms with Crippen LogP contribution in [0.3, 0.4) is 0 Å². The van der Waals surface area contributed by atoms with Gasteiger partial charge >= 0.3 is 0 Å². The van der Waals surface area contributed by atoms with Crippen LogP contribution in [0.4, 0.5) is 11.4 Å². The molecule has 2 aromatic rings. The van der Waals surface area contributed by atoms with Crippen LogP contribution in [0.25, 0.3) is 6.08 Å². The summed E-state index contributed by atoms with van der Waals surface area (Å²) in [6.45, 7) is 2.10. The molecular formula is C22H26N2O3. The number of carbonyl (C=O) groups is 2. The zero-order valence-corrected chi connectivity index (χ0v) is 15.8. The van der Waals surface area contributed by atoms with Crippen LogP contribution in [0.5, 0.6) is 5.75 Å². The normalized spacial score (nSPS) is 10.6. The monoisotopic (exact) mass is 366 g/mol. The zero-order valence-electron chi connectivity index (χ0n) is 15.8. The fourth-order valence-corrected chi connectivity index (χ4v) is 2.50. The van der Waals surface area contributed by atoms with Gasteiger partial charge in [-0.15, -0.1) is 0 Å². The molecule has 5 nitrogen and oxygen atoms in total. The average molecular weight is 366 g/mol. The highest BCUT2D eigenvalue weighted by Gasteiger charge is 2.04. The number of carbonyl (C=O) groups excluding carboxylic acids is 2. The summed E-state index contributed by atoms with van der Waals surface area (Å²) in [6, 6.07) is 14.6. The lowest BCUT2D eigenvalue weighted by Crippen LogP contribution is -2.12. The van der Waals surface area contributed by atoms with E-state index in [2.05, 4.69) is 17.6 Å². The lowest BCUT2D eigenvalue weighted by atomic mass is 10.2. The van der Waals surface area contributed by atoms with Crippen molar-refractivity contribution in [1.82, 2.24) is 0 Å². The molecule has 142 valence electrons. The van der Waals surface area contributed by atoms with Crippen LogP contribution < -0.4 is 15.4 Å². The summed E-state index contributed by atoms with van der Waals surface area (Å²) in [5.41, 5.74) is 2.21. The van der Waals surface area contributed by atoms with Gasteiger partial charge in [0.2, 0.25) is 11.8 Å². The van der Waals surface area contributed by atoms with Gasteiger partial charge in [0.1, 0.15) is 5.75 Å². The van der Waals surface area contributed by atoms with Crippen molar-refractivity contribution in [2.75, 3.05) is 17.7 Å². The molecule has 0 unspecified atom stereocenters. The number of anilines is 2. The molecule has 27 heavy (non-hydrogen) atoms. The molecule has 2 rings (SSSR count). The van der Waals surface area contributed by atoms with Crippen LogP contribution in [0.2, 0.25) is 0 Å². The molecule has 2 aromatic carbocycles. The molecule has 0 aromatic heterocycles. The fraction of sp³-hybridized carbons (Fsp3) is 0.273. The Labute approximate surface area is 160 Å². The number of hydrogen-bond acceptors (Lipinski definition) is 3. The van der Waals surface area contributed by atoms with E-state index in [1.165, 1.54) is 6.08 Å². The maximum absolute atomic E-state index is 12.1. The SMILES string of the molecule is CCCCCC(=O)Nc1cccc(NC(=O)/C=C/c2ccc(OC)cc2)c1. The first-order valence-corrected chi connectivity index (χ1v) is 9.13. The van der Waals surface area contributed by atoms with Gasteiger partial charge in [-0.25, -0.2) is 0 Å². The maximum Gasteiger partial charge on any atom is 0.248 e. The topological polar surface area (TPSA) is 67.4 Å². The van der Waals surface area contributed by atoms with Crippen LogP contribution in [-0.2, 0) is 9.59 Å². The second-order valence-corrected chi connectivity index (χ2v) is 6.18. The van der Waals surface area contributed by atoms with Gasteiger partial charge in [-0.3, -0.25) is 9.59 Å². The number of methoxy groups -OCH3 is 1. The first-order chi connectivity index (χ1) is 13.1. The van der Waals surface area contributed by atoms with Crippen LogP contribution in [0.1, 0.15) is 38.2 Å². The molecule has 0 saturated heterocycles. The van der Waals surface area contributed by atoms with Gasteiger partial charge in [0.25, 0.3) is 0 Å². The molecule has 0 spiro atoms. The molecule has 5 heteroatoms. The Bertz CT molecular complexity index is 782. The molecule has 0 aliphatic carbocycles. The number of unbranched alkanes of at least 4 members (excludes halogenated alkanes) is 2. The quantitative estimate of drug-likeness (QED) is 0.492. The minimum Gasteiger partial charge on any atom is -0.497 e. The number of hydrogen-bond donors (Lipinski definition) is 2. The summed E-state index contributed by atoms with van der Waals surface area (Å²) in [6.07, 6.45) is 6.72. The highest BCUT2D eigenvalue weighted by atomic mass is 16.5. The molecule has 2 amide bonds. The van der Waals surface area contributed by atoms with Gasteiger partial charge < -0.3 is 15.4 Å². The van der Waals surface area contributed by atoms with Gasteiger partial charge in [0.15, 0.2) is 0 Å². The second kappa shape index (κ2) is 10.8. The van der Waals surface area contributed by atoms with E-state index in [1.54, 1.807) is 37.5 Å². The zero-order chi connectivity index (χ0) is 19.5. The summed E-state index contributed by atoms with van der Waals surface area (Å²) in [5.74, 6) is 0.522. The number of amides is 2. The summed E-state index contributed by atoms with van der Waals surface area (Å²) in [7, 11) is 1.61. The highest BCUT2D eigenvalue weighted by molar-refractivity contribution is 6.02. The Hall–Kier alpha value is -3.08. The second-order valence-electron chi connectivity index (χ2n) is 6.18. The van der Waals surface area contributed by atoms with Crippen molar-refractivity contribution >= 4 is 29.3 Å². The lowest BCUT2D eigenvalue weighted by molar-refractivity contribution is -0.116. The van der Waals surface area contributed by atoms with Crippen molar-refractivity contribution in [3.63, 3.8) is 0 Å². The third-order valence-electron chi connectivity index (χ3n) is 3.96. The van der Waals surface area contributed by atoms with E-state index >= 15 is 0 Å². The van der Waals surface area contributed by atoms with E-state index in [1.807, 2.05) is 24.3 Å². The van der Waals surface area contributed by atoms with Crippen molar-refractivity contribution in [2.45, 2.75) is 32.6 Å². The van der Waals surface area contributed by atoms with E-state index in [9.17, 15) is 9.59 Å². The van der Waals surface area contributed by atoms with Crippen molar-refractivity contribution in [3.8, 4) is 5.75 Å². The van der Waals surface area contributed by atoms with Gasteiger partial charge in [0, 0.05) is 23.9 Å². The van der Waals surface area contributed by atoms with Crippen LogP contribution in [0, 0.1) is 0 Å². The van der Waals surface area contributed by atoms with Crippen LogP contribution in [0.15, 0.2) is 54.6 Å². The lowest BCUT2D eigenvalue weighted by Gasteiger charge is -2.08. The van der Waals surface area contributed by atoms with E-state index < -0.39 is 0 Å². The van der Waals surface area contributed by atoms with Crippen LogP contribution in [-0.4, -0.2) is 18.9 Å². The molecule has 0 bridgehead atoms. The summed E-state index contributed by atoms with van der Waals surface area (Å²) in [4.78, 5) is 24.0. The molecule has 0 atom stereocenters. The molecular weight excluding hydrogens is 340 g/mol. The highest BCUT2D eigenvalue weighted by Crippen LogP contribution is 2.16. The van der Waals surface area contributed by atoms with E-state index in [0.717, 1.165) is 30.6 Å². The number of ether oxygens (including phenoxy) is 1. The molecule has 0 aliphatic rings. The first kappa shape index (κ1) is 20.2. The Balaban J connectivity index is 1.89. The summed E-state index contributed by atoms with van der Waals surface area (Å²) >= 11 is 0. The van der Waals surface area contributed by atoms with E-state index in [0.29, 0.717) is 17.8 Å². The predicted octanol–water partition coefficient (Wildman–Crippen LogP) is 4.87. The molecule has 0 heterocycles. The van der Waals surface area contributed by atoms with Gasteiger partial charge in [-0.05, 0) is 48.4 Å². The molecule has 0 radical (unpaired) electrons. The van der Waals surface area contributed by atoms with Crippen molar-refractivity contribution < 1.29 is 14.3 Å². The fourth-order valence-electron chi connectivity index (χ4n) is 2.50. The maximum atomic E-state index is 12.1. The van der Waals surface area contributed by atoms with E-state index in [-0.39, 0.29) is 11.8 Å².